The number of carbonyl (C=O) groups is 1. The maximum atomic E-state index is 11.9. The maximum Gasteiger partial charge on any atom is 0.254 e. The molecule has 1 aromatic carbocycles. The third-order valence-corrected chi connectivity index (χ3v) is 3.94. The Bertz CT molecular complexity index is 572. The molecule has 19 heavy (non-hydrogen) atoms. The predicted octanol–water partition coefficient (Wildman–Crippen LogP) is 3.75. The number of aromatic nitrogens is 1. The third kappa shape index (κ3) is 3.81. The van der Waals surface area contributed by atoms with Crippen molar-refractivity contribution in [3.8, 4) is 0 Å². The van der Waals surface area contributed by atoms with Crippen molar-refractivity contribution < 1.29 is 4.79 Å². The second-order valence-electron chi connectivity index (χ2n) is 3.77. The highest BCUT2D eigenvalue weighted by atomic mass is 79.9. The zero-order valence-electron chi connectivity index (χ0n) is 10.4. The quantitative estimate of drug-likeness (QED) is 0.924. The molecule has 0 aliphatic carbocycles. The number of rotatable bonds is 4. The largest absolute Gasteiger partial charge is 0.352 e. The summed E-state index contributed by atoms with van der Waals surface area (Å²) in [6.07, 6.45) is 1.70. The lowest BCUT2D eigenvalue weighted by molar-refractivity contribution is 0.0952. The Morgan fingerprint density at radius 1 is 1.32 bits per heavy atom. The van der Waals surface area contributed by atoms with Gasteiger partial charge in [0.05, 0.1) is 5.56 Å². The molecule has 1 amide bonds. The summed E-state index contributed by atoms with van der Waals surface area (Å²) in [5.41, 5.74) is 0.609. The first-order chi connectivity index (χ1) is 9.20. The Morgan fingerprint density at radius 2 is 2.05 bits per heavy atom. The molecule has 98 valence electrons. The Kier molecular flexibility index (Phi) is 4.99. The van der Waals surface area contributed by atoms with E-state index in [1.807, 2.05) is 31.2 Å². The van der Waals surface area contributed by atoms with Gasteiger partial charge in [0.2, 0.25) is 0 Å². The second kappa shape index (κ2) is 6.73. The number of pyridine rings is 1. The summed E-state index contributed by atoms with van der Waals surface area (Å²) in [6.45, 7) is 2.51. The van der Waals surface area contributed by atoms with Gasteiger partial charge in [-0.05, 0) is 43.3 Å². The van der Waals surface area contributed by atoms with Crippen molar-refractivity contribution >= 4 is 33.6 Å². The number of hydrogen-bond acceptors (Lipinski definition) is 3. The average molecular weight is 337 g/mol. The summed E-state index contributed by atoms with van der Waals surface area (Å²) >= 11 is 4.88. The molecule has 1 N–H and O–H groups in total. The molecule has 0 spiro atoms. The van der Waals surface area contributed by atoms with Crippen LogP contribution in [0.5, 0.6) is 0 Å². The van der Waals surface area contributed by atoms with E-state index in [0.717, 1.165) is 14.4 Å². The number of amides is 1. The van der Waals surface area contributed by atoms with Crippen LogP contribution >= 0.6 is 27.7 Å². The summed E-state index contributed by atoms with van der Waals surface area (Å²) in [7, 11) is 0. The molecule has 1 aromatic heterocycles. The van der Waals surface area contributed by atoms with E-state index in [2.05, 4.69) is 26.2 Å². The van der Waals surface area contributed by atoms with E-state index in [9.17, 15) is 4.79 Å². The second-order valence-corrected chi connectivity index (χ2v) is 5.75. The lowest BCUT2D eigenvalue weighted by Crippen LogP contribution is -2.23. The average Bonchev–Trinajstić information content (AvgIpc) is 2.42. The first-order valence-corrected chi connectivity index (χ1v) is 7.48. The standard InChI is InChI=1S/C14H13BrN2OS/c1-2-16-13(18)12-4-3-9-17-14(12)19-11-7-5-10(15)6-8-11/h3-9H,2H2,1H3,(H,16,18). The summed E-state index contributed by atoms with van der Waals surface area (Å²) in [4.78, 5) is 17.3. The van der Waals surface area contributed by atoms with E-state index in [-0.39, 0.29) is 5.91 Å². The fraction of sp³-hybridized carbons (Fsp3) is 0.143. The molecular formula is C14H13BrN2OS. The van der Waals surface area contributed by atoms with E-state index in [1.165, 1.54) is 11.8 Å². The van der Waals surface area contributed by atoms with Gasteiger partial charge < -0.3 is 5.32 Å². The van der Waals surface area contributed by atoms with Crippen LogP contribution in [0.3, 0.4) is 0 Å². The molecule has 5 heteroatoms. The lowest BCUT2D eigenvalue weighted by atomic mass is 10.3. The molecule has 2 rings (SSSR count). The minimum absolute atomic E-state index is 0.0878. The Hall–Kier alpha value is -1.33. The van der Waals surface area contributed by atoms with E-state index in [1.54, 1.807) is 18.3 Å². The normalized spacial score (nSPS) is 10.2. The van der Waals surface area contributed by atoms with Crippen LogP contribution in [0.1, 0.15) is 17.3 Å². The highest BCUT2D eigenvalue weighted by Crippen LogP contribution is 2.29. The highest BCUT2D eigenvalue weighted by Gasteiger charge is 2.12. The first-order valence-electron chi connectivity index (χ1n) is 5.87. The SMILES string of the molecule is CCNC(=O)c1cccnc1Sc1ccc(Br)cc1. The molecular weight excluding hydrogens is 324 g/mol. The number of hydrogen-bond donors (Lipinski definition) is 1. The third-order valence-electron chi connectivity index (χ3n) is 2.38. The summed E-state index contributed by atoms with van der Waals surface area (Å²) in [6, 6.07) is 11.5. The van der Waals surface area contributed by atoms with Crippen molar-refractivity contribution in [2.45, 2.75) is 16.8 Å². The van der Waals surface area contributed by atoms with Crippen LogP contribution in [-0.4, -0.2) is 17.4 Å². The van der Waals surface area contributed by atoms with Gasteiger partial charge in [0.25, 0.3) is 5.91 Å². The van der Waals surface area contributed by atoms with Gasteiger partial charge in [0.1, 0.15) is 5.03 Å². The van der Waals surface area contributed by atoms with Crippen LogP contribution in [0.15, 0.2) is 57.0 Å². The van der Waals surface area contributed by atoms with Gasteiger partial charge in [-0.2, -0.15) is 0 Å². The molecule has 0 aliphatic heterocycles. The van der Waals surface area contributed by atoms with Crippen LogP contribution in [0.25, 0.3) is 0 Å². The van der Waals surface area contributed by atoms with Crippen molar-refractivity contribution in [1.29, 1.82) is 0 Å². The van der Waals surface area contributed by atoms with Crippen LogP contribution in [0.4, 0.5) is 0 Å². The van der Waals surface area contributed by atoms with Gasteiger partial charge in [0.15, 0.2) is 0 Å². The van der Waals surface area contributed by atoms with Crippen LogP contribution in [-0.2, 0) is 0 Å². The topological polar surface area (TPSA) is 42.0 Å². The molecule has 0 aliphatic rings. The molecule has 3 nitrogen and oxygen atoms in total. The zero-order valence-corrected chi connectivity index (χ0v) is 12.8. The molecule has 0 radical (unpaired) electrons. The van der Waals surface area contributed by atoms with Gasteiger partial charge in [-0.3, -0.25) is 4.79 Å². The Morgan fingerprint density at radius 3 is 2.74 bits per heavy atom. The molecule has 0 unspecified atom stereocenters. The number of halogens is 1. The first kappa shape index (κ1) is 14.1. The van der Waals surface area contributed by atoms with E-state index >= 15 is 0 Å². The number of carbonyl (C=O) groups excluding carboxylic acids is 1. The fourth-order valence-corrected chi connectivity index (χ4v) is 2.66. The molecule has 0 saturated heterocycles. The molecule has 0 fully saturated rings. The van der Waals surface area contributed by atoms with Crippen molar-refractivity contribution in [3.63, 3.8) is 0 Å². The molecule has 1 heterocycles. The Labute approximate surface area is 125 Å². The number of nitrogens with one attached hydrogen (secondary N) is 1. The van der Waals surface area contributed by atoms with Gasteiger partial charge >= 0.3 is 0 Å². The van der Waals surface area contributed by atoms with Crippen molar-refractivity contribution in [1.82, 2.24) is 10.3 Å². The van der Waals surface area contributed by atoms with Crippen LogP contribution < -0.4 is 5.32 Å². The van der Waals surface area contributed by atoms with Crippen LogP contribution in [0, 0.1) is 0 Å². The molecule has 0 saturated carbocycles. The minimum atomic E-state index is -0.0878. The number of benzene rings is 1. The van der Waals surface area contributed by atoms with Gasteiger partial charge in [0, 0.05) is 22.1 Å². The predicted molar refractivity (Wildman–Crippen MR) is 80.5 cm³/mol. The van der Waals surface area contributed by atoms with E-state index in [0.29, 0.717) is 12.1 Å². The number of nitrogens with zero attached hydrogens (tertiary/aromatic N) is 1. The molecule has 2 aromatic rings. The smallest absolute Gasteiger partial charge is 0.254 e. The van der Waals surface area contributed by atoms with E-state index in [4.69, 9.17) is 0 Å². The lowest BCUT2D eigenvalue weighted by Gasteiger charge is -2.07. The van der Waals surface area contributed by atoms with Gasteiger partial charge in [-0.15, -0.1) is 0 Å². The van der Waals surface area contributed by atoms with Crippen molar-refractivity contribution in [2.75, 3.05) is 6.54 Å². The molecule has 0 bridgehead atoms. The maximum absolute atomic E-state index is 11.9. The van der Waals surface area contributed by atoms with Crippen molar-refractivity contribution in [3.05, 3.63) is 52.6 Å². The van der Waals surface area contributed by atoms with Gasteiger partial charge in [-0.1, -0.05) is 27.7 Å². The van der Waals surface area contributed by atoms with Crippen molar-refractivity contribution in [2.24, 2.45) is 0 Å². The van der Waals surface area contributed by atoms with E-state index < -0.39 is 0 Å². The van der Waals surface area contributed by atoms with Gasteiger partial charge in [-0.25, -0.2) is 4.98 Å². The monoisotopic (exact) mass is 336 g/mol. The fourth-order valence-electron chi connectivity index (χ4n) is 1.52. The zero-order chi connectivity index (χ0) is 13.7. The van der Waals surface area contributed by atoms with Crippen LogP contribution in [0.2, 0.25) is 0 Å². The highest BCUT2D eigenvalue weighted by molar-refractivity contribution is 9.10. The summed E-state index contributed by atoms with van der Waals surface area (Å²) < 4.78 is 1.03. The minimum Gasteiger partial charge on any atom is -0.352 e. The summed E-state index contributed by atoms with van der Waals surface area (Å²) in [5, 5.41) is 3.52. The Balaban J connectivity index is 2.24. The molecule has 0 atom stereocenters. The summed E-state index contributed by atoms with van der Waals surface area (Å²) in [5.74, 6) is -0.0878.